The second kappa shape index (κ2) is 6.79. The molecule has 1 aliphatic heterocycles. The van der Waals surface area contributed by atoms with E-state index in [-0.39, 0.29) is 23.5 Å². The molecule has 1 atom stereocenters. The van der Waals surface area contributed by atoms with Gasteiger partial charge in [-0.25, -0.2) is 13.1 Å². The van der Waals surface area contributed by atoms with E-state index in [1.54, 1.807) is 10.7 Å². The standard InChI is InChI=1S/C13H20ClN3O3S/c1-10-8-12(15-13(18)4-2-3-6-14)17(16-10)11-5-7-21(19,20)9-11/h8,11H,2-7,9H2,1H3,(H,15,18). The van der Waals surface area contributed by atoms with Gasteiger partial charge in [0.15, 0.2) is 9.84 Å². The summed E-state index contributed by atoms with van der Waals surface area (Å²) in [5.74, 6) is 1.29. The predicted molar refractivity (Wildman–Crippen MR) is 82.5 cm³/mol. The van der Waals surface area contributed by atoms with Crippen LogP contribution in [0.3, 0.4) is 0 Å². The predicted octanol–water partition coefficient (Wildman–Crippen LogP) is 1.90. The van der Waals surface area contributed by atoms with E-state index >= 15 is 0 Å². The van der Waals surface area contributed by atoms with Crippen molar-refractivity contribution in [1.82, 2.24) is 9.78 Å². The number of carbonyl (C=O) groups is 1. The van der Waals surface area contributed by atoms with Gasteiger partial charge in [0.05, 0.1) is 23.2 Å². The lowest BCUT2D eigenvalue weighted by molar-refractivity contribution is -0.116. The van der Waals surface area contributed by atoms with Crippen LogP contribution in [0.4, 0.5) is 5.82 Å². The Morgan fingerprint density at radius 3 is 2.90 bits per heavy atom. The van der Waals surface area contributed by atoms with Crippen molar-refractivity contribution in [3.05, 3.63) is 11.8 Å². The van der Waals surface area contributed by atoms with Crippen molar-refractivity contribution in [1.29, 1.82) is 0 Å². The Hall–Kier alpha value is -1.08. The molecule has 1 amide bonds. The molecule has 1 unspecified atom stereocenters. The highest BCUT2D eigenvalue weighted by atomic mass is 35.5. The summed E-state index contributed by atoms with van der Waals surface area (Å²) in [6.45, 7) is 1.82. The number of aryl methyl sites for hydroxylation is 1. The number of unbranched alkanes of at least 4 members (excludes halogenated alkanes) is 1. The third-order valence-electron chi connectivity index (χ3n) is 3.47. The molecule has 1 fully saturated rings. The SMILES string of the molecule is Cc1cc(NC(=O)CCCCCl)n(C2CCS(=O)(=O)C2)n1. The summed E-state index contributed by atoms with van der Waals surface area (Å²) in [6.07, 6.45) is 2.48. The quantitative estimate of drug-likeness (QED) is 0.636. The third-order valence-corrected chi connectivity index (χ3v) is 5.48. The average Bonchev–Trinajstić information content (AvgIpc) is 2.92. The second-order valence-corrected chi connectivity index (χ2v) is 7.97. The van der Waals surface area contributed by atoms with Gasteiger partial charge in [-0.1, -0.05) is 0 Å². The van der Waals surface area contributed by atoms with E-state index < -0.39 is 9.84 Å². The number of halogens is 1. The van der Waals surface area contributed by atoms with Crippen LogP contribution in [0.15, 0.2) is 6.07 Å². The van der Waals surface area contributed by atoms with Gasteiger partial charge < -0.3 is 5.32 Å². The van der Waals surface area contributed by atoms with Crippen LogP contribution in [0, 0.1) is 6.92 Å². The molecule has 1 saturated heterocycles. The maximum Gasteiger partial charge on any atom is 0.225 e. The zero-order chi connectivity index (χ0) is 15.5. The summed E-state index contributed by atoms with van der Waals surface area (Å²) in [4.78, 5) is 11.9. The Balaban J connectivity index is 2.05. The number of alkyl halides is 1. The highest BCUT2D eigenvalue weighted by molar-refractivity contribution is 7.91. The smallest absolute Gasteiger partial charge is 0.225 e. The van der Waals surface area contributed by atoms with Gasteiger partial charge in [0.25, 0.3) is 0 Å². The van der Waals surface area contributed by atoms with Crippen molar-refractivity contribution in [2.24, 2.45) is 0 Å². The molecule has 2 rings (SSSR count). The number of carbonyl (C=O) groups excluding carboxylic acids is 1. The van der Waals surface area contributed by atoms with Crippen molar-refractivity contribution in [2.75, 3.05) is 22.7 Å². The van der Waals surface area contributed by atoms with Gasteiger partial charge in [-0.05, 0) is 26.2 Å². The van der Waals surface area contributed by atoms with Gasteiger partial charge in [-0.3, -0.25) is 4.79 Å². The molecule has 0 aromatic carbocycles. The first kappa shape index (κ1) is 16.3. The third kappa shape index (κ3) is 4.44. The number of rotatable bonds is 6. The molecule has 118 valence electrons. The number of aromatic nitrogens is 2. The van der Waals surface area contributed by atoms with E-state index in [1.165, 1.54) is 0 Å². The first-order valence-electron chi connectivity index (χ1n) is 7.03. The molecular weight excluding hydrogens is 314 g/mol. The number of amides is 1. The fourth-order valence-electron chi connectivity index (χ4n) is 2.44. The molecule has 8 heteroatoms. The number of nitrogens with zero attached hydrogens (tertiary/aromatic N) is 2. The Morgan fingerprint density at radius 1 is 1.52 bits per heavy atom. The average molecular weight is 334 g/mol. The summed E-state index contributed by atoms with van der Waals surface area (Å²) in [5.41, 5.74) is 0.760. The topological polar surface area (TPSA) is 81.1 Å². The lowest BCUT2D eigenvalue weighted by Gasteiger charge is -2.13. The van der Waals surface area contributed by atoms with Crippen molar-refractivity contribution >= 4 is 33.2 Å². The highest BCUT2D eigenvalue weighted by Crippen LogP contribution is 2.27. The lowest BCUT2D eigenvalue weighted by Crippen LogP contribution is -2.19. The molecule has 0 spiro atoms. The number of sulfone groups is 1. The van der Waals surface area contributed by atoms with Crippen LogP contribution in [0.2, 0.25) is 0 Å². The molecule has 0 radical (unpaired) electrons. The maximum absolute atomic E-state index is 11.9. The van der Waals surface area contributed by atoms with E-state index in [0.717, 1.165) is 18.5 Å². The molecule has 0 bridgehead atoms. The first-order chi connectivity index (χ1) is 9.91. The first-order valence-corrected chi connectivity index (χ1v) is 9.39. The van der Waals surface area contributed by atoms with Crippen LogP contribution < -0.4 is 5.32 Å². The van der Waals surface area contributed by atoms with Crippen molar-refractivity contribution in [3.8, 4) is 0 Å². The number of hydrogen-bond acceptors (Lipinski definition) is 4. The second-order valence-electron chi connectivity index (χ2n) is 5.37. The fraction of sp³-hybridized carbons (Fsp3) is 0.692. The van der Waals surface area contributed by atoms with Crippen LogP contribution in [0.25, 0.3) is 0 Å². The Morgan fingerprint density at radius 2 is 2.29 bits per heavy atom. The minimum atomic E-state index is -2.99. The molecule has 1 aliphatic rings. The lowest BCUT2D eigenvalue weighted by atomic mass is 10.2. The van der Waals surface area contributed by atoms with Gasteiger partial charge in [0, 0.05) is 18.4 Å². The van der Waals surface area contributed by atoms with Crippen LogP contribution in [-0.4, -0.2) is 41.5 Å². The van der Waals surface area contributed by atoms with Gasteiger partial charge >= 0.3 is 0 Å². The highest BCUT2D eigenvalue weighted by Gasteiger charge is 2.31. The van der Waals surface area contributed by atoms with E-state index in [9.17, 15) is 13.2 Å². The Bertz CT molecular complexity index is 612. The van der Waals surface area contributed by atoms with Gasteiger partial charge in [0.2, 0.25) is 5.91 Å². The largest absolute Gasteiger partial charge is 0.311 e. The zero-order valence-electron chi connectivity index (χ0n) is 12.0. The molecule has 1 aromatic heterocycles. The minimum Gasteiger partial charge on any atom is -0.311 e. The maximum atomic E-state index is 11.9. The summed E-state index contributed by atoms with van der Waals surface area (Å²) in [6, 6.07) is 1.58. The van der Waals surface area contributed by atoms with E-state index in [2.05, 4.69) is 10.4 Å². The Labute approximate surface area is 129 Å². The van der Waals surface area contributed by atoms with Gasteiger partial charge in [-0.2, -0.15) is 5.10 Å². The molecule has 0 saturated carbocycles. The van der Waals surface area contributed by atoms with Gasteiger partial charge in [-0.15, -0.1) is 11.6 Å². The molecule has 6 nitrogen and oxygen atoms in total. The van der Waals surface area contributed by atoms with E-state index in [0.29, 0.717) is 24.5 Å². The van der Waals surface area contributed by atoms with Gasteiger partial charge in [0.1, 0.15) is 5.82 Å². The van der Waals surface area contributed by atoms with Crippen LogP contribution in [0.1, 0.15) is 37.4 Å². The summed E-state index contributed by atoms with van der Waals surface area (Å²) >= 11 is 5.58. The number of nitrogens with one attached hydrogen (secondary N) is 1. The van der Waals surface area contributed by atoms with Crippen LogP contribution in [0.5, 0.6) is 0 Å². The molecule has 1 N–H and O–H groups in total. The zero-order valence-corrected chi connectivity index (χ0v) is 13.6. The number of anilines is 1. The fourth-order valence-corrected chi connectivity index (χ4v) is 4.32. The molecule has 0 aliphatic carbocycles. The Kier molecular flexibility index (Phi) is 5.27. The van der Waals surface area contributed by atoms with E-state index in [4.69, 9.17) is 11.6 Å². The normalized spacial score (nSPS) is 20.6. The van der Waals surface area contributed by atoms with Crippen molar-refractivity contribution < 1.29 is 13.2 Å². The molecular formula is C13H20ClN3O3S. The van der Waals surface area contributed by atoms with Crippen molar-refractivity contribution in [3.63, 3.8) is 0 Å². The number of hydrogen-bond donors (Lipinski definition) is 1. The molecule has 2 heterocycles. The van der Waals surface area contributed by atoms with Crippen LogP contribution in [-0.2, 0) is 14.6 Å². The molecule has 21 heavy (non-hydrogen) atoms. The van der Waals surface area contributed by atoms with Crippen LogP contribution >= 0.6 is 11.6 Å². The van der Waals surface area contributed by atoms with Crippen molar-refractivity contribution in [2.45, 2.75) is 38.6 Å². The molecule has 1 aromatic rings. The summed E-state index contributed by atoms with van der Waals surface area (Å²) in [5, 5.41) is 7.14. The monoisotopic (exact) mass is 333 g/mol. The van der Waals surface area contributed by atoms with E-state index in [1.807, 2.05) is 6.92 Å². The minimum absolute atomic E-state index is 0.0865. The summed E-state index contributed by atoms with van der Waals surface area (Å²) < 4.78 is 24.8. The summed E-state index contributed by atoms with van der Waals surface area (Å²) in [7, 11) is -2.99.